The Bertz CT molecular complexity index is 2150. The van der Waals surface area contributed by atoms with E-state index in [1.54, 1.807) is 29.3 Å². The van der Waals surface area contributed by atoms with E-state index in [9.17, 15) is 26.4 Å². The van der Waals surface area contributed by atoms with Gasteiger partial charge in [-0.15, -0.1) is 5.10 Å². The lowest BCUT2D eigenvalue weighted by Crippen LogP contribution is -2.49. The molecule has 0 unspecified atom stereocenters. The molecule has 2 aliphatic rings. The van der Waals surface area contributed by atoms with E-state index in [0.29, 0.717) is 54.7 Å². The number of ether oxygens (including phenoxy) is 2. The van der Waals surface area contributed by atoms with Gasteiger partial charge in [0.05, 0.1) is 43.3 Å². The number of alkyl halides is 3. The summed E-state index contributed by atoms with van der Waals surface area (Å²) in [4.78, 5) is 26.5. The number of pyridine rings is 2. The van der Waals surface area contributed by atoms with Crippen molar-refractivity contribution >= 4 is 37.7 Å². The van der Waals surface area contributed by atoms with Crippen LogP contribution in [0.25, 0.3) is 38.8 Å². The Labute approximate surface area is 291 Å². The standard InChI is InChI=1S/C32H33F3N8O3.CH4O3S/c1-45-28-7-3-22(20-36-28)21-2-5-26-24(18-21)30-29(31(44)37-26)38-39-43(30)23-4-6-27(25(19-23)32(33,34)35)42-12-10-40(11-13-42)8-9-41-14-16-46-17-15-41;1-5(2,3)4/h2-7,18-20H,8-17H2,1H3,(H,37,44);1H3,(H,2,3,4). The van der Waals surface area contributed by atoms with Crippen molar-refractivity contribution in [2.45, 2.75) is 6.18 Å². The van der Waals surface area contributed by atoms with Crippen LogP contribution in [-0.4, -0.2) is 127 Å². The van der Waals surface area contributed by atoms with Gasteiger partial charge < -0.3 is 19.4 Å². The number of hydrogen-bond donors (Lipinski definition) is 2. The van der Waals surface area contributed by atoms with Crippen LogP contribution >= 0.6 is 0 Å². The fourth-order valence-corrected chi connectivity index (χ4v) is 6.22. The van der Waals surface area contributed by atoms with E-state index in [1.807, 2.05) is 18.2 Å². The summed E-state index contributed by atoms with van der Waals surface area (Å²) in [7, 11) is -2.13. The van der Waals surface area contributed by atoms with Crippen molar-refractivity contribution in [2.24, 2.45) is 0 Å². The van der Waals surface area contributed by atoms with Crippen LogP contribution in [0.5, 0.6) is 5.88 Å². The van der Waals surface area contributed by atoms with E-state index in [-0.39, 0.29) is 16.9 Å². The van der Waals surface area contributed by atoms with Gasteiger partial charge in [0.25, 0.3) is 15.7 Å². The molecule has 2 N–H and O–H groups in total. The van der Waals surface area contributed by atoms with Crippen molar-refractivity contribution in [3.8, 4) is 22.7 Å². The Morgan fingerprint density at radius 1 is 0.941 bits per heavy atom. The molecule has 5 aromatic rings. The molecule has 2 aromatic carbocycles. The van der Waals surface area contributed by atoms with E-state index in [1.165, 1.54) is 17.9 Å². The molecule has 2 aliphatic heterocycles. The summed E-state index contributed by atoms with van der Waals surface area (Å²) in [5, 5.41) is 8.80. The van der Waals surface area contributed by atoms with Crippen molar-refractivity contribution in [3.63, 3.8) is 0 Å². The molecule has 5 heterocycles. The van der Waals surface area contributed by atoms with Crippen molar-refractivity contribution < 1.29 is 35.6 Å². The zero-order valence-corrected chi connectivity index (χ0v) is 28.7. The second-order valence-corrected chi connectivity index (χ2v) is 13.7. The molecule has 3 aromatic heterocycles. The maximum absolute atomic E-state index is 14.6. The number of halogens is 3. The Hall–Kier alpha value is -4.62. The van der Waals surface area contributed by atoms with Gasteiger partial charge in [0.2, 0.25) is 5.88 Å². The fraction of sp³-hybridized carbons (Fsp3) is 0.394. The number of H-pyrrole nitrogens is 1. The van der Waals surface area contributed by atoms with Gasteiger partial charge in [0.1, 0.15) is 5.52 Å². The predicted molar refractivity (Wildman–Crippen MR) is 185 cm³/mol. The van der Waals surface area contributed by atoms with E-state index in [4.69, 9.17) is 14.0 Å². The zero-order valence-electron chi connectivity index (χ0n) is 27.9. The van der Waals surface area contributed by atoms with Gasteiger partial charge >= 0.3 is 6.18 Å². The topological polar surface area (TPSA) is 159 Å². The van der Waals surface area contributed by atoms with E-state index >= 15 is 0 Å². The van der Waals surface area contributed by atoms with Crippen LogP contribution in [-0.2, 0) is 21.0 Å². The minimum Gasteiger partial charge on any atom is -0.481 e. The van der Waals surface area contributed by atoms with Gasteiger partial charge in [-0.2, -0.15) is 21.6 Å². The van der Waals surface area contributed by atoms with Crippen molar-refractivity contribution in [2.75, 3.05) is 83.8 Å². The average Bonchev–Trinajstić information content (AvgIpc) is 3.57. The minimum absolute atomic E-state index is 0.0309. The van der Waals surface area contributed by atoms with Gasteiger partial charge in [-0.25, -0.2) is 9.67 Å². The summed E-state index contributed by atoms with van der Waals surface area (Å²) >= 11 is 0. The maximum atomic E-state index is 14.6. The molecule has 2 saturated heterocycles. The number of rotatable bonds is 7. The second-order valence-electron chi connectivity index (χ2n) is 12.2. The SMILES string of the molecule is COc1ccc(-c2ccc3[nH]c(=O)c4nnn(-c5ccc(N6CCN(CCN7CCOCC7)CC6)c(C(F)(F)F)c5)c4c3c2)cn1.CS(=O)(=O)O. The van der Waals surface area contributed by atoms with Crippen molar-refractivity contribution in [3.05, 3.63) is 70.6 Å². The molecule has 0 spiro atoms. The van der Waals surface area contributed by atoms with Gasteiger partial charge in [-0.1, -0.05) is 11.3 Å². The average molecular weight is 731 g/mol. The highest BCUT2D eigenvalue weighted by Gasteiger charge is 2.36. The first-order valence-electron chi connectivity index (χ1n) is 16.1. The fourth-order valence-electron chi connectivity index (χ4n) is 6.22. The first-order valence-corrected chi connectivity index (χ1v) is 18.0. The minimum atomic E-state index is -4.61. The summed E-state index contributed by atoms with van der Waals surface area (Å²) in [6.07, 6.45) is -2.23. The van der Waals surface area contributed by atoms with Crippen LogP contribution in [0.2, 0.25) is 0 Å². The van der Waals surface area contributed by atoms with Crippen molar-refractivity contribution in [1.82, 2.24) is 34.8 Å². The predicted octanol–water partition coefficient (Wildman–Crippen LogP) is 3.31. The first kappa shape index (κ1) is 36.2. The molecule has 2 fully saturated rings. The van der Waals surface area contributed by atoms with E-state index in [0.717, 1.165) is 56.6 Å². The number of fused-ring (bicyclic) bond motifs is 3. The molecule has 0 radical (unpaired) electrons. The third-order valence-corrected chi connectivity index (χ3v) is 8.77. The molecule has 18 heteroatoms. The number of morpholine rings is 1. The summed E-state index contributed by atoms with van der Waals surface area (Å²) in [5.41, 5.74) is 1.49. The summed E-state index contributed by atoms with van der Waals surface area (Å²) in [6.45, 7) is 7.43. The first-order chi connectivity index (χ1) is 24.3. The Balaban J connectivity index is 0.000000839. The Morgan fingerprint density at radius 3 is 2.24 bits per heavy atom. The van der Waals surface area contributed by atoms with E-state index in [2.05, 4.69) is 30.1 Å². The molecule has 0 aliphatic carbocycles. The number of methoxy groups -OCH3 is 1. The molecule has 51 heavy (non-hydrogen) atoms. The summed E-state index contributed by atoms with van der Waals surface area (Å²) in [6, 6.07) is 13.2. The Morgan fingerprint density at radius 2 is 1.61 bits per heavy atom. The normalized spacial score (nSPS) is 16.3. The molecule has 0 atom stereocenters. The van der Waals surface area contributed by atoms with E-state index < -0.39 is 27.4 Å². The summed E-state index contributed by atoms with van der Waals surface area (Å²) < 4.78 is 81.5. The lowest BCUT2D eigenvalue weighted by molar-refractivity contribution is -0.137. The number of benzene rings is 2. The lowest BCUT2D eigenvalue weighted by Gasteiger charge is -2.38. The maximum Gasteiger partial charge on any atom is 0.418 e. The highest BCUT2D eigenvalue weighted by atomic mass is 32.2. The number of anilines is 1. The molecule has 272 valence electrons. The third-order valence-electron chi connectivity index (χ3n) is 8.77. The van der Waals surface area contributed by atoms with Gasteiger partial charge in [0.15, 0.2) is 5.52 Å². The number of aromatic amines is 1. The van der Waals surface area contributed by atoms with Crippen LogP contribution in [0.4, 0.5) is 18.9 Å². The monoisotopic (exact) mass is 730 g/mol. The molecule has 0 bridgehead atoms. The number of hydrogen-bond acceptors (Lipinski definition) is 11. The second kappa shape index (κ2) is 14.9. The largest absolute Gasteiger partial charge is 0.481 e. The Kier molecular flexibility index (Phi) is 10.6. The van der Waals surface area contributed by atoms with Crippen LogP contribution in [0, 0.1) is 0 Å². The van der Waals surface area contributed by atoms with Crippen LogP contribution < -0.4 is 15.2 Å². The van der Waals surface area contributed by atoms with Gasteiger partial charge in [0, 0.05) is 81.3 Å². The third kappa shape index (κ3) is 8.65. The summed E-state index contributed by atoms with van der Waals surface area (Å²) in [5.74, 6) is 0.466. The quantitative estimate of drug-likeness (QED) is 0.236. The number of nitrogens with one attached hydrogen (secondary N) is 1. The number of nitrogens with zero attached hydrogens (tertiary/aromatic N) is 7. The van der Waals surface area contributed by atoms with Gasteiger partial charge in [-0.05, 0) is 42.0 Å². The highest BCUT2D eigenvalue weighted by molar-refractivity contribution is 7.85. The molecule has 0 saturated carbocycles. The van der Waals surface area contributed by atoms with Gasteiger partial charge in [-0.3, -0.25) is 19.1 Å². The van der Waals surface area contributed by atoms with Crippen LogP contribution in [0.1, 0.15) is 5.56 Å². The molecule has 14 nitrogen and oxygen atoms in total. The number of piperazine rings is 1. The lowest BCUT2D eigenvalue weighted by atomic mass is 10.0. The molecule has 0 amide bonds. The molecular formula is C33H37F3N8O6S. The smallest absolute Gasteiger partial charge is 0.418 e. The number of aromatic nitrogens is 5. The molecule has 7 rings (SSSR count). The van der Waals surface area contributed by atoms with Crippen LogP contribution in [0.3, 0.4) is 0 Å². The highest BCUT2D eigenvalue weighted by Crippen LogP contribution is 2.39. The van der Waals surface area contributed by atoms with Crippen LogP contribution in [0.15, 0.2) is 59.5 Å². The zero-order chi connectivity index (χ0) is 36.3. The molecular weight excluding hydrogens is 693 g/mol. The van der Waals surface area contributed by atoms with Crippen molar-refractivity contribution in [1.29, 1.82) is 0 Å².